The largest absolute Gasteiger partial charge is 0.338 e. The lowest BCUT2D eigenvalue weighted by Crippen LogP contribution is -2.40. The monoisotopic (exact) mass is 529 g/mol. The summed E-state index contributed by atoms with van der Waals surface area (Å²) in [6.07, 6.45) is 5.63. The number of rotatable bonds is 7. The zero-order valence-corrected chi connectivity index (χ0v) is 21.8. The number of thiophene rings is 1. The summed E-state index contributed by atoms with van der Waals surface area (Å²) in [5.41, 5.74) is 0.601. The molecule has 1 amide bonds. The molecule has 36 heavy (non-hydrogen) atoms. The van der Waals surface area contributed by atoms with Crippen LogP contribution in [0.4, 0.5) is 5.69 Å². The van der Waals surface area contributed by atoms with Gasteiger partial charge in [0.15, 0.2) is 0 Å². The quantitative estimate of drug-likeness (QED) is 0.488. The molecule has 2 saturated heterocycles. The summed E-state index contributed by atoms with van der Waals surface area (Å²) >= 11 is 1.56. The number of piperidine rings is 1. The minimum atomic E-state index is -3.51. The van der Waals surface area contributed by atoms with E-state index < -0.39 is 10.0 Å². The first kappa shape index (κ1) is 25.1. The maximum absolute atomic E-state index is 13.0. The molecule has 1 N–H and O–H groups in total. The molecule has 1 atom stereocenters. The number of hydrogen-bond acceptors (Lipinski definition) is 8. The van der Waals surface area contributed by atoms with Gasteiger partial charge in [-0.1, -0.05) is 24.1 Å². The molecule has 11 heteroatoms. The highest BCUT2D eigenvalue weighted by molar-refractivity contribution is 7.89. The lowest BCUT2D eigenvalue weighted by Gasteiger charge is -2.30. The first-order chi connectivity index (χ1) is 17.5. The Morgan fingerprint density at radius 2 is 1.83 bits per heavy atom. The summed E-state index contributed by atoms with van der Waals surface area (Å²) in [6, 6.07) is 10.4. The van der Waals surface area contributed by atoms with Crippen LogP contribution in [0.2, 0.25) is 0 Å². The first-order valence-corrected chi connectivity index (χ1v) is 14.8. The van der Waals surface area contributed by atoms with Crippen LogP contribution < -0.4 is 5.32 Å². The summed E-state index contributed by atoms with van der Waals surface area (Å²) in [5, 5.41) is 9.00. The van der Waals surface area contributed by atoms with Gasteiger partial charge in [-0.15, -0.1) is 11.3 Å². The first-order valence-electron chi connectivity index (χ1n) is 12.5. The summed E-state index contributed by atoms with van der Waals surface area (Å²) in [4.78, 5) is 20.9. The Balaban J connectivity index is 1.17. The van der Waals surface area contributed by atoms with Crippen molar-refractivity contribution in [2.75, 3.05) is 31.5 Å². The normalized spacial score (nSPS) is 20.2. The van der Waals surface area contributed by atoms with Gasteiger partial charge in [0.25, 0.3) is 0 Å². The van der Waals surface area contributed by atoms with Gasteiger partial charge in [0, 0.05) is 25.3 Å². The second-order valence-electron chi connectivity index (χ2n) is 9.40. The van der Waals surface area contributed by atoms with Crippen molar-refractivity contribution in [3.63, 3.8) is 0 Å². The van der Waals surface area contributed by atoms with Gasteiger partial charge in [0.1, 0.15) is 0 Å². The van der Waals surface area contributed by atoms with E-state index in [1.54, 1.807) is 39.9 Å². The number of sulfonamides is 1. The van der Waals surface area contributed by atoms with Crippen LogP contribution >= 0.6 is 11.3 Å². The molecule has 9 nitrogen and oxygen atoms in total. The number of benzene rings is 1. The molecule has 0 aliphatic carbocycles. The van der Waals surface area contributed by atoms with Crippen LogP contribution in [0.25, 0.3) is 10.7 Å². The predicted octanol–water partition coefficient (Wildman–Crippen LogP) is 4.21. The molecule has 1 unspecified atom stereocenters. The lowest BCUT2D eigenvalue weighted by atomic mass is 9.97. The standard InChI is InChI=1S/C25H31N5O4S2/c31-25(26-20-9-11-21(12-10-20)36(32,33)30-14-3-1-2-4-15-30)19-7-5-13-29(17-19)18-23-27-24(28-34-23)22-8-6-16-35-22/h6,8-12,16,19H,1-5,7,13-15,17-18H2,(H,26,31). The number of nitrogens with one attached hydrogen (secondary N) is 1. The average Bonchev–Trinajstić information content (AvgIpc) is 3.50. The molecule has 192 valence electrons. The van der Waals surface area contributed by atoms with Gasteiger partial charge >= 0.3 is 0 Å². The summed E-state index contributed by atoms with van der Waals surface area (Å²) in [6.45, 7) is 3.11. The number of carbonyl (C=O) groups excluding carboxylic acids is 1. The lowest BCUT2D eigenvalue weighted by molar-refractivity contribution is -0.121. The summed E-state index contributed by atoms with van der Waals surface area (Å²) < 4.78 is 33.0. The molecule has 0 bridgehead atoms. The SMILES string of the molecule is O=C(Nc1ccc(S(=O)(=O)N2CCCCCC2)cc1)C1CCCN(Cc2nc(-c3cccs3)no2)C1. The summed E-state index contributed by atoms with van der Waals surface area (Å²) in [5.74, 6) is 0.903. The van der Waals surface area contributed by atoms with Gasteiger partial charge in [0.2, 0.25) is 27.6 Å². The molecule has 3 aromatic rings. The predicted molar refractivity (Wildman–Crippen MR) is 138 cm³/mol. The van der Waals surface area contributed by atoms with Gasteiger partial charge in [-0.2, -0.15) is 9.29 Å². The van der Waals surface area contributed by atoms with E-state index in [1.165, 1.54) is 0 Å². The molecule has 0 saturated carbocycles. The van der Waals surface area contributed by atoms with Crippen LogP contribution in [-0.2, 0) is 21.4 Å². The van der Waals surface area contributed by atoms with Crippen molar-refractivity contribution in [2.45, 2.75) is 50.0 Å². The molecule has 2 fully saturated rings. The van der Waals surface area contributed by atoms with Crippen LogP contribution in [0.1, 0.15) is 44.4 Å². The zero-order valence-electron chi connectivity index (χ0n) is 20.1. The van der Waals surface area contributed by atoms with Crippen molar-refractivity contribution in [2.24, 2.45) is 5.92 Å². The molecule has 0 spiro atoms. The maximum Gasteiger partial charge on any atom is 0.243 e. The number of hydrogen-bond donors (Lipinski definition) is 1. The Morgan fingerprint density at radius 1 is 1.06 bits per heavy atom. The number of likely N-dealkylation sites (tertiary alicyclic amines) is 1. The van der Waals surface area contributed by atoms with Crippen molar-refractivity contribution in [3.8, 4) is 10.7 Å². The van der Waals surface area contributed by atoms with Gasteiger partial charge in [-0.25, -0.2) is 8.42 Å². The third kappa shape index (κ3) is 5.86. The molecule has 2 aromatic heterocycles. The number of nitrogens with zero attached hydrogens (tertiary/aromatic N) is 4. The number of anilines is 1. The van der Waals surface area contributed by atoms with E-state index in [0.29, 0.717) is 43.6 Å². The van der Waals surface area contributed by atoms with E-state index in [4.69, 9.17) is 4.52 Å². The third-order valence-electron chi connectivity index (χ3n) is 6.77. The van der Waals surface area contributed by atoms with Crippen molar-refractivity contribution in [3.05, 3.63) is 47.7 Å². The van der Waals surface area contributed by atoms with Crippen molar-refractivity contribution >= 4 is 33.0 Å². The number of amides is 1. The van der Waals surface area contributed by atoms with E-state index in [-0.39, 0.29) is 16.7 Å². The van der Waals surface area contributed by atoms with Crippen LogP contribution in [0, 0.1) is 5.92 Å². The molecule has 0 radical (unpaired) electrons. The van der Waals surface area contributed by atoms with Crippen molar-refractivity contribution in [1.82, 2.24) is 19.3 Å². The average molecular weight is 530 g/mol. The van der Waals surface area contributed by atoms with Crippen molar-refractivity contribution < 1.29 is 17.7 Å². The fourth-order valence-corrected chi connectivity index (χ4v) is 6.98. The third-order valence-corrected chi connectivity index (χ3v) is 9.55. The fourth-order valence-electron chi connectivity index (χ4n) is 4.82. The van der Waals surface area contributed by atoms with E-state index in [2.05, 4.69) is 20.4 Å². The highest BCUT2D eigenvalue weighted by atomic mass is 32.2. The Hall–Kier alpha value is -2.60. The smallest absolute Gasteiger partial charge is 0.243 e. The van der Waals surface area contributed by atoms with Crippen LogP contribution in [0.5, 0.6) is 0 Å². The van der Waals surface area contributed by atoms with Gasteiger partial charge in [-0.3, -0.25) is 9.69 Å². The maximum atomic E-state index is 13.0. The fraction of sp³-hybridized carbons (Fsp3) is 0.480. The number of carbonyl (C=O) groups is 1. The Labute approximate surface area is 215 Å². The van der Waals surface area contributed by atoms with Crippen molar-refractivity contribution in [1.29, 1.82) is 0 Å². The van der Waals surface area contributed by atoms with E-state index in [0.717, 1.165) is 49.9 Å². The molecule has 4 heterocycles. The molecule has 2 aliphatic rings. The highest BCUT2D eigenvalue weighted by Gasteiger charge is 2.28. The second kappa shape index (κ2) is 11.2. The van der Waals surface area contributed by atoms with E-state index >= 15 is 0 Å². The molecule has 2 aliphatic heterocycles. The Bertz CT molecular complexity index is 1250. The Morgan fingerprint density at radius 3 is 2.56 bits per heavy atom. The van der Waals surface area contributed by atoms with Crippen LogP contribution in [-0.4, -0.2) is 59.8 Å². The number of aromatic nitrogens is 2. The topological polar surface area (TPSA) is 109 Å². The van der Waals surface area contributed by atoms with E-state index in [1.807, 2.05) is 17.5 Å². The zero-order chi connectivity index (χ0) is 25.0. The minimum absolute atomic E-state index is 0.0624. The van der Waals surface area contributed by atoms with E-state index in [9.17, 15) is 13.2 Å². The molecular formula is C25H31N5O4S2. The molecule has 1 aromatic carbocycles. The molecule has 5 rings (SSSR count). The summed E-state index contributed by atoms with van der Waals surface area (Å²) in [7, 11) is -3.51. The molecular weight excluding hydrogens is 498 g/mol. The second-order valence-corrected chi connectivity index (χ2v) is 12.3. The van der Waals surface area contributed by atoms with Crippen LogP contribution in [0.3, 0.4) is 0 Å². The van der Waals surface area contributed by atoms with Gasteiger partial charge in [-0.05, 0) is 67.9 Å². The van der Waals surface area contributed by atoms with Gasteiger partial charge < -0.3 is 9.84 Å². The minimum Gasteiger partial charge on any atom is -0.338 e. The van der Waals surface area contributed by atoms with Crippen LogP contribution in [0.15, 0.2) is 51.2 Å². The highest BCUT2D eigenvalue weighted by Crippen LogP contribution is 2.25. The van der Waals surface area contributed by atoms with Gasteiger partial charge in [0.05, 0.1) is 22.2 Å². The Kier molecular flexibility index (Phi) is 7.80.